The van der Waals surface area contributed by atoms with E-state index < -0.39 is 17.9 Å². The number of carbonyl (C=O) groups excluding carboxylic acids is 1. The quantitative estimate of drug-likeness (QED) is 0.542. The molecule has 0 aromatic heterocycles. The van der Waals surface area contributed by atoms with Crippen molar-refractivity contribution in [3.8, 4) is 0 Å². The number of benzene rings is 1. The van der Waals surface area contributed by atoms with Gasteiger partial charge in [-0.15, -0.1) is 0 Å². The van der Waals surface area contributed by atoms with Crippen molar-refractivity contribution in [3.05, 3.63) is 38.7 Å². The van der Waals surface area contributed by atoms with Crippen molar-refractivity contribution >= 4 is 81.2 Å². The molecule has 2 rings (SSSR count). The molecule has 24 heavy (non-hydrogen) atoms. The molecule has 1 N–H and O–H groups in total. The van der Waals surface area contributed by atoms with Gasteiger partial charge < -0.3 is 5.11 Å². The number of aliphatic carboxylic acids is 1. The van der Waals surface area contributed by atoms with Crippen LogP contribution in [0, 0.1) is 0 Å². The van der Waals surface area contributed by atoms with E-state index in [4.69, 9.17) is 35.4 Å². The van der Waals surface area contributed by atoms with E-state index in [1.165, 1.54) is 16.7 Å². The lowest BCUT2D eigenvalue weighted by Crippen LogP contribution is -2.44. The summed E-state index contributed by atoms with van der Waals surface area (Å²) in [6.45, 7) is 0. The first kappa shape index (κ1) is 19.6. The van der Waals surface area contributed by atoms with Gasteiger partial charge in [0.05, 0.1) is 4.91 Å². The molecule has 1 aromatic carbocycles. The van der Waals surface area contributed by atoms with E-state index in [1.54, 1.807) is 24.3 Å². The van der Waals surface area contributed by atoms with Gasteiger partial charge in [0.2, 0.25) is 0 Å². The molecule has 0 saturated carbocycles. The Labute approximate surface area is 163 Å². The van der Waals surface area contributed by atoms with Crippen LogP contribution >= 0.6 is 58.9 Å². The van der Waals surface area contributed by atoms with Crippen molar-refractivity contribution in [3.63, 3.8) is 0 Å². The highest BCUT2D eigenvalue weighted by molar-refractivity contribution is 8.26. The van der Waals surface area contributed by atoms with E-state index >= 15 is 0 Å². The molecule has 0 radical (unpaired) electrons. The number of thioether (sulfide) groups is 2. The lowest BCUT2D eigenvalue weighted by molar-refractivity contribution is -0.145. The standard InChI is InChI=1S/C15H13Cl2NO3S3/c1-23-5-4-11(14(20)21)18-13(19)12(24-15(18)22)6-8-2-3-9(16)7-10(8)17/h2-3,6-7,11H,4-5H2,1H3,(H,20,21)/b12-6-/t11-/m0/s1. The minimum Gasteiger partial charge on any atom is -0.480 e. The number of carboxylic acids is 1. The molecule has 1 atom stereocenters. The highest BCUT2D eigenvalue weighted by Crippen LogP contribution is 2.36. The number of amides is 1. The molecular formula is C15H13Cl2NO3S3. The highest BCUT2D eigenvalue weighted by Gasteiger charge is 2.40. The van der Waals surface area contributed by atoms with Gasteiger partial charge >= 0.3 is 5.97 Å². The van der Waals surface area contributed by atoms with Crippen LogP contribution in [0.3, 0.4) is 0 Å². The fourth-order valence-electron chi connectivity index (χ4n) is 2.10. The van der Waals surface area contributed by atoms with Gasteiger partial charge in [-0.1, -0.05) is 53.2 Å². The predicted molar refractivity (Wildman–Crippen MR) is 106 cm³/mol. The van der Waals surface area contributed by atoms with Crippen LogP contribution in [0.4, 0.5) is 0 Å². The number of thiocarbonyl (C=S) groups is 1. The summed E-state index contributed by atoms with van der Waals surface area (Å²) in [7, 11) is 0. The first-order valence-corrected chi connectivity index (χ1v) is 10.2. The van der Waals surface area contributed by atoms with Gasteiger partial charge in [-0.05, 0) is 42.2 Å². The maximum absolute atomic E-state index is 12.6. The van der Waals surface area contributed by atoms with Crippen molar-refractivity contribution in [1.29, 1.82) is 0 Å². The molecule has 0 unspecified atom stereocenters. The van der Waals surface area contributed by atoms with Gasteiger partial charge in [-0.2, -0.15) is 11.8 Å². The Hall–Kier alpha value is -0.730. The second kappa shape index (κ2) is 8.58. The second-order valence-corrected chi connectivity index (χ2v) is 8.36. The van der Waals surface area contributed by atoms with Crippen LogP contribution < -0.4 is 0 Å². The van der Waals surface area contributed by atoms with Gasteiger partial charge in [0.25, 0.3) is 5.91 Å². The van der Waals surface area contributed by atoms with Gasteiger partial charge in [-0.25, -0.2) is 4.79 Å². The molecule has 1 fully saturated rings. The highest BCUT2D eigenvalue weighted by atomic mass is 35.5. The van der Waals surface area contributed by atoms with Crippen molar-refractivity contribution in [2.24, 2.45) is 0 Å². The molecule has 1 aliphatic heterocycles. The van der Waals surface area contributed by atoms with Gasteiger partial charge in [0.15, 0.2) is 0 Å². The number of hydrogen-bond acceptors (Lipinski definition) is 5. The summed E-state index contributed by atoms with van der Waals surface area (Å²) in [6, 6.07) is 3.98. The zero-order chi connectivity index (χ0) is 17.9. The van der Waals surface area contributed by atoms with Crippen LogP contribution in [0.15, 0.2) is 23.1 Å². The maximum atomic E-state index is 12.6. The van der Waals surface area contributed by atoms with Crippen LogP contribution in [0.25, 0.3) is 6.08 Å². The van der Waals surface area contributed by atoms with E-state index in [0.717, 1.165) is 11.8 Å². The van der Waals surface area contributed by atoms with E-state index in [1.807, 2.05) is 6.26 Å². The zero-order valence-electron chi connectivity index (χ0n) is 12.5. The normalized spacial score (nSPS) is 17.6. The number of hydrogen-bond donors (Lipinski definition) is 1. The summed E-state index contributed by atoms with van der Waals surface area (Å²) in [5.74, 6) is -0.855. The molecule has 4 nitrogen and oxygen atoms in total. The average Bonchev–Trinajstić information content (AvgIpc) is 2.78. The van der Waals surface area contributed by atoms with E-state index in [0.29, 0.717) is 32.7 Å². The lowest BCUT2D eigenvalue weighted by atomic mass is 10.1. The summed E-state index contributed by atoms with van der Waals surface area (Å²) in [5, 5.41) is 10.3. The summed E-state index contributed by atoms with van der Waals surface area (Å²) < 4.78 is 0.241. The fraction of sp³-hybridized carbons (Fsp3) is 0.267. The Kier molecular flexibility index (Phi) is 7.00. The Morgan fingerprint density at radius 1 is 1.50 bits per heavy atom. The minimum absolute atomic E-state index is 0.241. The second-order valence-electron chi connectivity index (χ2n) is 4.85. The molecule has 128 valence electrons. The number of carboxylic acid groups (broad SMARTS) is 1. The third kappa shape index (κ3) is 4.46. The number of halogens is 2. The Balaban J connectivity index is 2.30. The molecule has 9 heteroatoms. The third-order valence-electron chi connectivity index (χ3n) is 3.26. The third-order valence-corrected chi connectivity index (χ3v) is 5.80. The first-order chi connectivity index (χ1) is 11.3. The largest absolute Gasteiger partial charge is 0.480 e. The van der Waals surface area contributed by atoms with Crippen LogP contribution in [-0.2, 0) is 9.59 Å². The van der Waals surface area contributed by atoms with Crippen molar-refractivity contribution in [2.75, 3.05) is 12.0 Å². The SMILES string of the molecule is CSCC[C@@H](C(=O)O)N1C(=O)/C(=C/c2ccc(Cl)cc2Cl)SC1=S. The number of carbonyl (C=O) groups is 2. The number of nitrogens with zero attached hydrogens (tertiary/aromatic N) is 1. The van der Waals surface area contributed by atoms with Crippen LogP contribution in [-0.4, -0.2) is 44.3 Å². The maximum Gasteiger partial charge on any atom is 0.326 e. The van der Waals surface area contributed by atoms with Gasteiger partial charge in [0, 0.05) is 10.0 Å². The van der Waals surface area contributed by atoms with Crippen molar-refractivity contribution < 1.29 is 14.7 Å². The summed E-state index contributed by atoms with van der Waals surface area (Å²) >= 11 is 19.8. The lowest BCUT2D eigenvalue weighted by Gasteiger charge is -2.22. The predicted octanol–water partition coefficient (Wildman–Crippen LogP) is 4.40. The van der Waals surface area contributed by atoms with Crippen molar-refractivity contribution in [2.45, 2.75) is 12.5 Å². The van der Waals surface area contributed by atoms with E-state index in [9.17, 15) is 14.7 Å². The molecule has 1 aliphatic rings. The van der Waals surface area contributed by atoms with Gasteiger partial charge in [-0.3, -0.25) is 9.69 Å². The van der Waals surface area contributed by atoms with Crippen LogP contribution in [0.2, 0.25) is 10.0 Å². The molecule has 1 heterocycles. The summed E-state index contributed by atoms with van der Waals surface area (Å²) in [5.41, 5.74) is 0.623. The Bertz CT molecular complexity index is 724. The molecule has 0 bridgehead atoms. The molecule has 1 aromatic rings. The average molecular weight is 422 g/mol. The van der Waals surface area contributed by atoms with Crippen LogP contribution in [0.1, 0.15) is 12.0 Å². The van der Waals surface area contributed by atoms with Crippen LogP contribution in [0.5, 0.6) is 0 Å². The monoisotopic (exact) mass is 421 g/mol. The molecular weight excluding hydrogens is 409 g/mol. The minimum atomic E-state index is -1.06. The molecule has 1 amide bonds. The Morgan fingerprint density at radius 2 is 2.21 bits per heavy atom. The number of rotatable bonds is 6. The van der Waals surface area contributed by atoms with Crippen molar-refractivity contribution in [1.82, 2.24) is 4.90 Å². The Morgan fingerprint density at radius 3 is 2.79 bits per heavy atom. The first-order valence-electron chi connectivity index (χ1n) is 6.79. The molecule has 1 saturated heterocycles. The summed E-state index contributed by atoms with van der Waals surface area (Å²) in [6.07, 6.45) is 3.81. The zero-order valence-corrected chi connectivity index (χ0v) is 16.5. The molecule has 0 aliphatic carbocycles. The smallest absolute Gasteiger partial charge is 0.326 e. The van der Waals surface area contributed by atoms with E-state index in [2.05, 4.69) is 0 Å². The van der Waals surface area contributed by atoms with E-state index in [-0.39, 0.29) is 4.32 Å². The molecule has 0 spiro atoms. The van der Waals surface area contributed by atoms with Gasteiger partial charge in [0.1, 0.15) is 10.4 Å². The topological polar surface area (TPSA) is 57.6 Å². The fourth-order valence-corrected chi connectivity index (χ4v) is 4.37. The summed E-state index contributed by atoms with van der Waals surface area (Å²) in [4.78, 5) is 25.7.